The highest BCUT2D eigenvalue weighted by Crippen LogP contribution is 2.26. The van der Waals surface area contributed by atoms with Gasteiger partial charge < -0.3 is 9.47 Å². The maximum Gasteiger partial charge on any atom is 0.213 e. The average molecular weight is 470 g/mol. The molecule has 3 nitrogen and oxygen atoms in total. The molecule has 0 aliphatic rings. The summed E-state index contributed by atoms with van der Waals surface area (Å²) in [5, 5.41) is 0. The maximum atomic E-state index is 5.88. The minimum absolute atomic E-state index is 0.359. The van der Waals surface area contributed by atoms with E-state index in [1.165, 1.54) is 36.0 Å². The lowest BCUT2D eigenvalue weighted by Gasteiger charge is -2.12. The molecule has 184 valence electrons. The van der Waals surface area contributed by atoms with Crippen molar-refractivity contribution >= 4 is 6.08 Å². The number of aromatic nitrogens is 1. The van der Waals surface area contributed by atoms with Gasteiger partial charge in [0.2, 0.25) is 5.88 Å². The third-order valence-electron chi connectivity index (χ3n) is 5.99. The van der Waals surface area contributed by atoms with E-state index < -0.39 is 0 Å². The molecule has 3 rings (SSSR count). The topological polar surface area (TPSA) is 31.4 Å². The van der Waals surface area contributed by atoms with Gasteiger partial charge in [-0.05, 0) is 60.9 Å². The molecule has 0 fully saturated rings. The van der Waals surface area contributed by atoms with Crippen LogP contribution in [0.1, 0.15) is 57.9 Å². The molecule has 1 unspecified atom stereocenters. The SMILES string of the molecule is C=CCOc1ccc(-c2ccc(-c3ccc(/C=C/CCCC(C)OCCCCC)cc3)cc2)cn1. The summed E-state index contributed by atoms with van der Waals surface area (Å²) in [4.78, 5) is 4.36. The lowest BCUT2D eigenvalue weighted by Crippen LogP contribution is -2.08. The van der Waals surface area contributed by atoms with E-state index in [1.807, 2.05) is 18.3 Å². The van der Waals surface area contributed by atoms with Gasteiger partial charge in [-0.1, -0.05) is 93.1 Å². The molecule has 1 atom stereocenters. The van der Waals surface area contributed by atoms with Crippen molar-refractivity contribution in [2.24, 2.45) is 0 Å². The van der Waals surface area contributed by atoms with Crippen molar-refractivity contribution in [2.75, 3.05) is 13.2 Å². The predicted molar refractivity (Wildman–Crippen MR) is 149 cm³/mol. The number of rotatable bonds is 15. The number of ether oxygens (including phenoxy) is 2. The third-order valence-corrected chi connectivity index (χ3v) is 5.99. The molecule has 3 heteroatoms. The monoisotopic (exact) mass is 469 g/mol. The molecule has 0 bridgehead atoms. The van der Waals surface area contributed by atoms with Crippen LogP contribution in [0.5, 0.6) is 5.88 Å². The molecule has 2 aromatic carbocycles. The van der Waals surface area contributed by atoms with Gasteiger partial charge in [-0.15, -0.1) is 0 Å². The Morgan fingerprint density at radius 2 is 1.51 bits per heavy atom. The molecule has 0 aliphatic heterocycles. The van der Waals surface area contributed by atoms with E-state index in [4.69, 9.17) is 9.47 Å². The van der Waals surface area contributed by atoms with Crippen LogP contribution in [0.25, 0.3) is 28.3 Å². The van der Waals surface area contributed by atoms with Gasteiger partial charge in [0.05, 0.1) is 6.10 Å². The van der Waals surface area contributed by atoms with Crippen LogP contribution in [-0.4, -0.2) is 24.3 Å². The fourth-order valence-corrected chi connectivity index (χ4v) is 3.89. The Kier molecular flexibility index (Phi) is 11.3. The van der Waals surface area contributed by atoms with Crippen LogP contribution in [0.3, 0.4) is 0 Å². The summed E-state index contributed by atoms with van der Waals surface area (Å²) in [6, 6.07) is 21.3. The van der Waals surface area contributed by atoms with Gasteiger partial charge in [0, 0.05) is 24.4 Å². The first kappa shape index (κ1) is 26.4. The third kappa shape index (κ3) is 9.18. The van der Waals surface area contributed by atoms with Gasteiger partial charge in [0.1, 0.15) is 6.61 Å². The van der Waals surface area contributed by atoms with Gasteiger partial charge >= 0.3 is 0 Å². The molecule has 35 heavy (non-hydrogen) atoms. The highest BCUT2D eigenvalue weighted by Gasteiger charge is 2.03. The van der Waals surface area contributed by atoms with Crippen molar-refractivity contribution in [3.8, 4) is 28.1 Å². The molecular weight excluding hydrogens is 430 g/mol. The summed E-state index contributed by atoms with van der Waals surface area (Å²) in [6.45, 7) is 9.43. The first-order chi connectivity index (χ1) is 17.2. The van der Waals surface area contributed by atoms with Gasteiger partial charge in [0.15, 0.2) is 0 Å². The van der Waals surface area contributed by atoms with Crippen molar-refractivity contribution in [1.82, 2.24) is 4.98 Å². The first-order valence-corrected chi connectivity index (χ1v) is 12.9. The normalized spacial score (nSPS) is 12.1. The highest BCUT2D eigenvalue weighted by molar-refractivity contribution is 5.71. The summed E-state index contributed by atoms with van der Waals surface area (Å²) in [7, 11) is 0. The molecule has 0 saturated heterocycles. The lowest BCUT2D eigenvalue weighted by atomic mass is 10.00. The molecule has 1 aromatic heterocycles. The minimum Gasteiger partial charge on any atom is -0.473 e. The maximum absolute atomic E-state index is 5.88. The molecule has 0 spiro atoms. The second-order valence-electron chi connectivity index (χ2n) is 8.91. The van der Waals surface area contributed by atoms with Crippen molar-refractivity contribution in [3.05, 3.63) is 91.2 Å². The van der Waals surface area contributed by atoms with Crippen molar-refractivity contribution in [2.45, 2.75) is 58.5 Å². The Bertz CT molecular complexity index is 1020. The first-order valence-electron chi connectivity index (χ1n) is 12.9. The van der Waals surface area contributed by atoms with Crippen LogP contribution < -0.4 is 4.74 Å². The second kappa shape index (κ2) is 15.0. The molecule has 0 amide bonds. The van der Waals surface area contributed by atoms with E-state index in [9.17, 15) is 0 Å². The van der Waals surface area contributed by atoms with Crippen molar-refractivity contribution in [1.29, 1.82) is 0 Å². The van der Waals surface area contributed by atoms with Gasteiger partial charge in [0.25, 0.3) is 0 Å². The molecule has 0 N–H and O–H groups in total. The number of pyridine rings is 1. The smallest absolute Gasteiger partial charge is 0.213 e. The second-order valence-corrected chi connectivity index (χ2v) is 8.91. The lowest BCUT2D eigenvalue weighted by molar-refractivity contribution is 0.0566. The number of hydrogen-bond acceptors (Lipinski definition) is 3. The van der Waals surface area contributed by atoms with E-state index in [1.54, 1.807) is 6.08 Å². The summed E-state index contributed by atoms with van der Waals surface area (Å²) in [5.74, 6) is 0.612. The quantitative estimate of drug-likeness (QED) is 0.165. The number of allylic oxidation sites excluding steroid dienone is 1. The minimum atomic E-state index is 0.359. The molecule has 3 aromatic rings. The molecule has 0 saturated carbocycles. The van der Waals surface area contributed by atoms with Crippen molar-refractivity contribution in [3.63, 3.8) is 0 Å². The summed E-state index contributed by atoms with van der Waals surface area (Å²) >= 11 is 0. The summed E-state index contributed by atoms with van der Waals surface area (Å²) in [6.07, 6.45) is 15.5. The van der Waals surface area contributed by atoms with E-state index in [0.29, 0.717) is 18.6 Å². The van der Waals surface area contributed by atoms with Crippen LogP contribution in [-0.2, 0) is 4.74 Å². The fourth-order valence-electron chi connectivity index (χ4n) is 3.89. The van der Waals surface area contributed by atoms with Crippen LogP contribution in [0, 0.1) is 0 Å². The average Bonchev–Trinajstić information content (AvgIpc) is 2.90. The van der Waals surface area contributed by atoms with Crippen LogP contribution >= 0.6 is 0 Å². The Labute approximate surface area is 211 Å². The van der Waals surface area contributed by atoms with Crippen LogP contribution in [0.2, 0.25) is 0 Å². The van der Waals surface area contributed by atoms with Gasteiger partial charge in [-0.3, -0.25) is 0 Å². The number of hydrogen-bond donors (Lipinski definition) is 0. The fraction of sp³-hybridized carbons (Fsp3) is 0.344. The number of nitrogens with zero attached hydrogens (tertiary/aromatic N) is 1. The van der Waals surface area contributed by atoms with E-state index in [-0.39, 0.29) is 0 Å². The zero-order valence-electron chi connectivity index (χ0n) is 21.3. The van der Waals surface area contributed by atoms with Crippen LogP contribution in [0.4, 0.5) is 0 Å². The van der Waals surface area contributed by atoms with E-state index >= 15 is 0 Å². The van der Waals surface area contributed by atoms with Gasteiger partial charge in [-0.2, -0.15) is 0 Å². The number of unbranched alkanes of at least 4 members (excludes halogenated alkanes) is 3. The van der Waals surface area contributed by atoms with E-state index in [2.05, 4.69) is 86.1 Å². The Hall–Kier alpha value is -3.17. The highest BCUT2D eigenvalue weighted by atomic mass is 16.5. The number of benzene rings is 2. The molecule has 0 radical (unpaired) electrons. The van der Waals surface area contributed by atoms with Crippen molar-refractivity contribution < 1.29 is 9.47 Å². The van der Waals surface area contributed by atoms with E-state index in [0.717, 1.165) is 37.0 Å². The summed E-state index contributed by atoms with van der Waals surface area (Å²) < 4.78 is 11.3. The van der Waals surface area contributed by atoms with Gasteiger partial charge in [-0.25, -0.2) is 4.98 Å². The molecule has 1 heterocycles. The van der Waals surface area contributed by atoms with Crippen LogP contribution in [0.15, 0.2) is 85.6 Å². The standard InChI is InChI=1S/C32H39NO2/c1-4-6-10-24-34-26(3)11-8-7-9-12-27-13-15-28(16-14-27)29-17-19-30(20-18-29)31-21-22-32(33-25-31)35-23-5-2/h5,9,12-22,25-26H,2,4,6-8,10-11,23-24H2,1,3H3/b12-9+. The largest absolute Gasteiger partial charge is 0.473 e. The zero-order chi connectivity index (χ0) is 24.7. The Balaban J connectivity index is 1.45. The predicted octanol–water partition coefficient (Wildman–Crippen LogP) is 8.76. The Morgan fingerprint density at radius 3 is 2.14 bits per heavy atom. The Morgan fingerprint density at radius 1 is 0.857 bits per heavy atom. The summed E-state index contributed by atoms with van der Waals surface area (Å²) in [5.41, 5.74) is 5.86. The molecule has 0 aliphatic carbocycles. The molecular formula is C32H39NO2. The zero-order valence-corrected chi connectivity index (χ0v) is 21.3.